The maximum atomic E-state index is 2.32. The van der Waals surface area contributed by atoms with E-state index in [1.165, 1.54) is 12.8 Å². The smallest absolute Gasteiger partial charge is 0 e. The normalized spacial score (nSPS) is 14.1. The largest absolute Gasteiger partial charge is 0.0651 e. The molecule has 1 atom stereocenters. The van der Waals surface area contributed by atoms with Gasteiger partial charge in [-0.3, -0.25) is 0 Å². The molecule has 0 nitrogen and oxygen atoms in total. The van der Waals surface area contributed by atoms with Gasteiger partial charge < -0.3 is 0 Å². The Morgan fingerprint density at radius 1 is 1.20 bits per heavy atom. The predicted octanol–water partition coefficient (Wildman–Crippen LogP) is 3.47. The van der Waals surface area contributed by atoms with Crippen LogP contribution in [-0.4, -0.2) is 0 Å². The fourth-order valence-corrected chi connectivity index (χ4v) is 1.19. The van der Waals surface area contributed by atoms with Crippen molar-refractivity contribution in [2.24, 2.45) is 11.3 Å². The van der Waals surface area contributed by atoms with E-state index in [1.807, 2.05) is 0 Å². The van der Waals surface area contributed by atoms with Gasteiger partial charge in [0.05, 0.1) is 0 Å². The van der Waals surface area contributed by atoms with Crippen LogP contribution in [0.3, 0.4) is 0 Å². The summed E-state index contributed by atoms with van der Waals surface area (Å²) in [6.45, 7) is 11.5. The number of hydrogen-bond donors (Lipinski definition) is 0. The van der Waals surface area contributed by atoms with Gasteiger partial charge in [-0.1, -0.05) is 41.0 Å². The molecule has 0 heterocycles. The third kappa shape index (κ3) is 9.10. The Labute approximate surface area is 91.0 Å². The van der Waals surface area contributed by atoms with Crippen LogP contribution in [0.1, 0.15) is 47.5 Å². The standard InChI is InChI=1S/C9H20.Y/c1-6-8(2)7-9(3,4)5;/h8H,6-7H2,1-5H3;. The minimum Gasteiger partial charge on any atom is -0.0651 e. The third-order valence-electron chi connectivity index (χ3n) is 1.66. The predicted molar refractivity (Wildman–Crippen MR) is 43.5 cm³/mol. The molecule has 0 bridgehead atoms. The zero-order valence-electron chi connectivity index (χ0n) is 8.07. The third-order valence-corrected chi connectivity index (χ3v) is 1.66. The van der Waals surface area contributed by atoms with E-state index in [-0.39, 0.29) is 32.7 Å². The Morgan fingerprint density at radius 3 is 1.70 bits per heavy atom. The average molecular weight is 217 g/mol. The van der Waals surface area contributed by atoms with Gasteiger partial charge in [0, 0.05) is 32.7 Å². The molecular formula is C9H20Y. The molecule has 10 heavy (non-hydrogen) atoms. The van der Waals surface area contributed by atoms with Gasteiger partial charge >= 0.3 is 0 Å². The molecule has 1 heteroatoms. The van der Waals surface area contributed by atoms with Crippen LogP contribution < -0.4 is 0 Å². The van der Waals surface area contributed by atoms with Crippen molar-refractivity contribution in [3.05, 3.63) is 0 Å². The molecule has 0 rings (SSSR count). The summed E-state index contributed by atoms with van der Waals surface area (Å²) in [5.74, 6) is 0.894. The van der Waals surface area contributed by atoms with Crippen LogP contribution in [0, 0.1) is 11.3 Å². The Hall–Kier alpha value is 1.10. The van der Waals surface area contributed by atoms with Crippen molar-refractivity contribution in [1.29, 1.82) is 0 Å². The second-order valence-corrected chi connectivity index (χ2v) is 4.28. The van der Waals surface area contributed by atoms with E-state index in [0.717, 1.165) is 5.92 Å². The van der Waals surface area contributed by atoms with Crippen LogP contribution in [-0.2, 0) is 32.7 Å². The van der Waals surface area contributed by atoms with Crippen LogP contribution in [0.2, 0.25) is 0 Å². The first kappa shape index (κ1) is 13.7. The Balaban J connectivity index is 0. The maximum absolute atomic E-state index is 2.32. The minimum atomic E-state index is 0. The summed E-state index contributed by atoms with van der Waals surface area (Å²) in [5, 5.41) is 0. The molecule has 0 spiro atoms. The minimum absolute atomic E-state index is 0. The molecule has 0 amide bonds. The van der Waals surface area contributed by atoms with Gasteiger partial charge in [0.2, 0.25) is 0 Å². The van der Waals surface area contributed by atoms with Gasteiger partial charge in [0.1, 0.15) is 0 Å². The summed E-state index contributed by atoms with van der Waals surface area (Å²) in [6.07, 6.45) is 2.67. The first-order chi connectivity index (χ1) is 3.95. The monoisotopic (exact) mass is 217 g/mol. The summed E-state index contributed by atoms with van der Waals surface area (Å²) in [4.78, 5) is 0. The van der Waals surface area contributed by atoms with E-state index < -0.39 is 0 Å². The zero-order chi connectivity index (χ0) is 7.49. The van der Waals surface area contributed by atoms with Crippen molar-refractivity contribution in [3.63, 3.8) is 0 Å². The molecule has 0 aliphatic carbocycles. The fraction of sp³-hybridized carbons (Fsp3) is 1.00. The quantitative estimate of drug-likeness (QED) is 0.664. The van der Waals surface area contributed by atoms with Crippen LogP contribution >= 0.6 is 0 Å². The van der Waals surface area contributed by atoms with Crippen molar-refractivity contribution in [1.82, 2.24) is 0 Å². The van der Waals surface area contributed by atoms with Crippen LogP contribution in [0.25, 0.3) is 0 Å². The Morgan fingerprint density at radius 2 is 1.60 bits per heavy atom. The second-order valence-electron chi connectivity index (χ2n) is 4.28. The molecule has 1 radical (unpaired) electrons. The van der Waals surface area contributed by atoms with Gasteiger partial charge in [-0.25, -0.2) is 0 Å². The molecule has 0 aliphatic rings. The molecule has 0 aromatic carbocycles. The van der Waals surface area contributed by atoms with Crippen molar-refractivity contribution >= 4 is 0 Å². The molecule has 1 unspecified atom stereocenters. The molecule has 0 aliphatic heterocycles. The van der Waals surface area contributed by atoms with Gasteiger partial charge in [0.15, 0.2) is 0 Å². The molecular weight excluding hydrogens is 197 g/mol. The topological polar surface area (TPSA) is 0 Å². The van der Waals surface area contributed by atoms with Crippen LogP contribution in [0.4, 0.5) is 0 Å². The van der Waals surface area contributed by atoms with Gasteiger partial charge in [-0.05, 0) is 17.8 Å². The number of rotatable bonds is 2. The second kappa shape index (κ2) is 5.72. The van der Waals surface area contributed by atoms with Gasteiger partial charge in [-0.2, -0.15) is 0 Å². The van der Waals surface area contributed by atoms with Gasteiger partial charge in [-0.15, -0.1) is 0 Å². The molecule has 0 aromatic heterocycles. The molecule has 0 fully saturated rings. The summed E-state index contributed by atoms with van der Waals surface area (Å²) in [6, 6.07) is 0. The van der Waals surface area contributed by atoms with Crippen molar-refractivity contribution in [2.75, 3.05) is 0 Å². The van der Waals surface area contributed by atoms with Crippen LogP contribution in [0.5, 0.6) is 0 Å². The summed E-state index contributed by atoms with van der Waals surface area (Å²) in [7, 11) is 0. The molecule has 0 aromatic rings. The van der Waals surface area contributed by atoms with Crippen molar-refractivity contribution < 1.29 is 32.7 Å². The molecule has 0 saturated heterocycles. The molecule has 0 saturated carbocycles. The van der Waals surface area contributed by atoms with E-state index >= 15 is 0 Å². The van der Waals surface area contributed by atoms with Crippen molar-refractivity contribution in [2.45, 2.75) is 47.5 Å². The van der Waals surface area contributed by atoms with E-state index in [9.17, 15) is 0 Å². The van der Waals surface area contributed by atoms with E-state index in [2.05, 4.69) is 34.6 Å². The molecule has 59 valence electrons. The van der Waals surface area contributed by atoms with E-state index in [4.69, 9.17) is 0 Å². The zero-order valence-corrected chi connectivity index (χ0v) is 10.9. The van der Waals surface area contributed by atoms with Crippen molar-refractivity contribution in [3.8, 4) is 0 Å². The van der Waals surface area contributed by atoms with Crippen LogP contribution in [0.15, 0.2) is 0 Å². The van der Waals surface area contributed by atoms with Gasteiger partial charge in [0.25, 0.3) is 0 Å². The summed E-state index contributed by atoms with van der Waals surface area (Å²) < 4.78 is 0. The summed E-state index contributed by atoms with van der Waals surface area (Å²) in [5.41, 5.74) is 0.523. The molecule has 0 N–H and O–H groups in total. The SMILES string of the molecule is CCC(C)CC(C)(C)C.[Y]. The number of hydrogen-bond acceptors (Lipinski definition) is 0. The average Bonchev–Trinajstić information content (AvgIpc) is 1.62. The first-order valence-electron chi connectivity index (χ1n) is 3.95. The first-order valence-corrected chi connectivity index (χ1v) is 3.95. The van der Waals surface area contributed by atoms with E-state index in [0.29, 0.717) is 5.41 Å². The van der Waals surface area contributed by atoms with E-state index in [1.54, 1.807) is 0 Å². The Bertz CT molecular complexity index is 71.3. The Kier molecular flexibility index (Phi) is 7.82. The fourth-order valence-electron chi connectivity index (χ4n) is 1.19. The maximum Gasteiger partial charge on any atom is 0 e. The summed E-state index contributed by atoms with van der Waals surface area (Å²) >= 11 is 0.